The van der Waals surface area contributed by atoms with Gasteiger partial charge in [0.05, 0.1) is 5.41 Å². The SMILES string of the molecule is c1ccc(-c2ccc(N(c3ccc(-c4ccccc4)cc3)c3ccc(-c4ccc5c(c4)C4(c6ccccc6-5)c5ccc6ccccc6c5-c5cccc6cccc4c56)cc3)cc2)cc1. The summed E-state index contributed by atoms with van der Waals surface area (Å²) < 4.78 is 0. The zero-order valence-corrected chi connectivity index (χ0v) is 35.1. The molecular weight excluding hydrogens is 771 g/mol. The molecule has 0 aliphatic heterocycles. The quantitative estimate of drug-likeness (QED) is 0.162. The topological polar surface area (TPSA) is 3.24 Å². The van der Waals surface area contributed by atoms with E-state index in [1.54, 1.807) is 0 Å². The van der Waals surface area contributed by atoms with Gasteiger partial charge in [-0.15, -0.1) is 0 Å². The number of fused-ring (bicyclic) bond motifs is 11. The standard InChI is InChI=1S/C63H41N/c1-3-13-42(14-4-1)44-25-33-50(34-26-44)64(51-35-27-45(28-36-51)43-15-5-2-6-16-43)52-37-29-46(30-38-52)49-31-39-55-54-21-9-10-23-57(54)63(60(55)41-49)58-24-12-19-48-18-11-22-56(61(48)58)62-53-20-8-7-17-47(53)32-40-59(62)63/h1-41H. The van der Waals surface area contributed by atoms with Crippen LogP contribution in [-0.2, 0) is 5.41 Å². The van der Waals surface area contributed by atoms with Crippen LogP contribution in [0.4, 0.5) is 17.1 Å². The van der Waals surface area contributed by atoms with Crippen LogP contribution in [0.2, 0.25) is 0 Å². The molecule has 13 rings (SSSR count). The van der Waals surface area contributed by atoms with Crippen LogP contribution >= 0.6 is 0 Å². The summed E-state index contributed by atoms with van der Waals surface area (Å²) in [6.07, 6.45) is 0. The number of benzene rings is 11. The molecule has 2 aliphatic carbocycles. The van der Waals surface area contributed by atoms with Crippen molar-refractivity contribution >= 4 is 38.6 Å². The molecular formula is C63H41N. The zero-order valence-electron chi connectivity index (χ0n) is 35.1. The summed E-state index contributed by atoms with van der Waals surface area (Å²) in [5.74, 6) is 0. The van der Waals surface area contributed by atoms with E-state index in [2.05, 4.69) is 254 Å². The number of hydrogen-bond donors (Lipinski definition) is 0. The average molecular weight is 812 g/mol. The smallest absolute Gasteiger partial charge is 0.0726 e. The van der Waals surface area contributed by atoms with E-state index in [4.69, 9.17) is 0 Å². The second kappa shape index (κ2) is 14.4. The third-order valence-electron chi connectivity index (χ3n) is 13.9. The van der Waals surface area contributed by atoms with Crippen LogP contribution in [0.1, 0.15) is 22.3 Å². The molecule has 11 aromatic carbocycles. The molecule has 0 bridgehead atoms. The highest BCUT2D eigenvalue weighted by molar-refractivity contribution is 6.13. The molecule has 0 aromatic heterocycles. The average Bonchev–Trinajstić information content (AvgIpc) is 3.66. The summed E-state index contributed by atoms with van der Waals surface area (Å²) in [6, 6.07) is 92.0. The first-order valence-corrected chi connectivity index (χ1v) is 22.2. The highest BCUT2D eigenvalue weighted by Gasteiger charge is 2.50. The van der Waals surface area contributed by atoms with E-state index in [9.17, 15) is 0 Å². The Balaban J connectivity index is 0.961. The molecule has 1 heteroatoms. The number of hydrogen-bond acceptors (Lipinski definition) is 1. The van der Waals surface area contributed by atoms with Crippen molar-refractivity contribution in [3.8, 4) is 55.6 Å². The lowest BCUT2D eigenvalue weighted by Crippen LogP contribution is -2.32. The third-order valence-corrected chi connectivity index (χ3v) is 13.9. The van der Waals surface area contributed by atoms with Crippen LogP contribution in [0.15, 0.2) is 249 Å². The van der Waals surface area contributed by atoms with Gasteiger partial charge < -0.3 is 4.90 Å². The van der Waals surface area contributed by atoms with E-state index in [-0.39, 0.29) is 0 Å². The normalized spacial score (nSPS) is 14.3. The molecule has 0 heterocycles. The molecule has 0 amide bonds. The second-order valence-electron chi connectivity index (χ2n) is 17.2. The Morgan fingerprint density at radius 2 is 0.734 bits per heavy atom. The third kappa shape index (κ3) is 5.44. The highest BCUT2D eigenvalue weighted by Crippen LogP contribution is 2.63. The first-order valence-electron chi connectivity index (χ1n) is 22.2. The Bertz CT molecular complexity index is 3480. The Kier molecular flexibility index (Phi) is 8.20. The minimum absolute atomic E-state index is 0.496. The van der Waals surface area contributed by atoms with Crippen LogP contribution < -0.4 is 4.90 Å². The van der Waals surface area contributed by atoms with E-state index in [1.807, 2.05) is 0 Å². The van der Waals surface area contributed by atoms with E-state index >= 15 is 0 Å². The fourth-order valence-corrected chi connectivity index (χ4v) is 11.0. The van der Waals surface area contributed by atoms with Crippen molar-refractivity contribution < 1.29 is 0 Å². The molecule has 0 saturated heterocycles. The molecule has 298 valence electrons. The molecule has 0 N–H and O–H groups in total. The Hall–Kier alpha value is -8.26. The van der Waals surface area contributed by atoms with Gasteiger partial charge >= 0.3 is 0 Å². The first kappa shape index (κ1) is 36.4. The van der Waals surface area contributed by atoms with Crippen LogP contribution in [0.5, 0.6) is 0 Å². The summed E-state index contributed by atoms with van der Waals surface area (Å²) in [5, 5.41) is 5.19. The molecule has 2 aliphatic rings. The van der Waals surface area contributed by atoms with E-state index in [1.165, 1.54) is 99.4 Å². The molecule has 1 spiro atoms. The Labute approximate surface area is 373 Å². The minimum Gasteiger partial charge on any atom is -0.311 e. The van der Waals surface area contributed by atoms with Crippen molar-refractivity contribution in [2.45, 2.75) is 5.41 Å². The van der Waals surface area contributed by atoms with Crippen molar-refractivity contribution in [3.63, 3.8) is 0 Å². The van der Waals surface area contributed by atoms with E-state index in [0.29, 0.717) is 0 Å². The summed E-state index contributed by atoms with van der Waals surface area (Å²) in [5.41, 5.74) is 20.7. The highest BCUT2D eigenvalue weighted by atomic mass is 15.1. The van der Waals surface area contributed by atoms with Crippen molar-refractivity contribution in [1.29, 1.82) is 0 Å². The molecule has 0 fully saturated rings. The molecule has 1 atom stereocenters. The Morgan fingerprint density at radius 1 is 0.266 bits per heavy atom. The largest absolute Gasteiger partial charge is 0.311 e. The van der Waals surface area contributed by atoms with Gasteiger partial charge in [-0.1, -0.05) is 206 Å². The number of anilines is 3. The molecule has 0 saturated carbocycles. The number of nitrogens with zero attached hydrogens (tertiary/aromatic N) is 1. The molecule has 0 radical (unpaired) electrons. The van der Waals surface area contributed by atoms with Crippen LogP contribution in [0, 0.1) is 0 Å². The van der Waals surface area contributed by atoms with Crippen molar-refractivity contribution in [2.75, 3.05) is 4.90 Å². The monoisotopic (exact) mass is 811 g/mol. The van der Waals surface area contributed by atoms with Crippen LogP contribution in [0.3, 0.4) is 0 Å². The van der Waals surface area contributed by atoms with Gasteiger partial charge in [0, 0.05) is 17.1 Å². The maximum Gasteiger partial charge on any atom is 0.0726 e. The predicted octanol–water partition coefficient (Wildman–Crippen LogP) is 16.8. The van der Waals surface area contributed by atoms with Gasteiger partial charge in [-0.25, -0.2) is 0 Å². The van der Waals surface area contributed by atoms with Gasteiger partial charge in [0.25, 0.3) is 0 Å². The molecule has 64 heavy (non-hydrogen) atoms. The van der Waals surface area contributed by atoms with Crippen molar-refractivity contribution in [2.24, 2.45) is 0 Å². The van der Waals surface area contributed by atoms with Gasteiger partial charge in [0.1, 0.15) is 0 Å². The van der Waals surface area contributed by atoms with Gasteiger partial charge in [0.15, 0.2) is 0 Å². The lowest BCUT2D eigenvalue weighted by atomic mass is 9.61. The number of rotatable bonds is 6. The van der Waals surface area contributed by atoms with Crippen molar-refractivity contribution in [3.05, 3.63) is 271 Å². The molecule has 1 unspecified atom stereocenters. The van der Waals surface area contributed by atoms with Crippen LogP contribution in [-0.4, -0.2) is 0 Å². The minimum atomic E-state index is -0.496. The molecule has 1 nitrogen and oxygen atoms in total. The summed E-state index contributed by atoms with van der Waals surface area (Å²) in [6.45, 7) is 0. The lowest BCUT2D eigenvalue weighted by molar-refractivity contribution is 0.775. The predicted molar refractivity (Wildman–Crippen MR) is 269 cm³/mol. The van der Waals surface area contributed by atoms with Crippen molar-refractivity contribution in [1.82, 2.24) is 0 Å². The van der Waals surface area contributed by atoms with E-state index in [0.717, 1.165) is 17.1 Å². The van der Waals surface area contributed by atoms with Gasteiger partial charge in [-0.2, -0.15) is 0 Å². The first-order chi connectivity index (χ1) is 31.7. The molecule has 11 aromatic rings. The summed E-state index contributed by atoms with van der Waals surface area (Å²) >= 11 is 0. The summed E-state index contributed by atoms with van der Waals surface area (Å²) in [7, 11) is 0. The maximum absolute atomic E-state index is 2.50. The van der Waals surface area contributed by atoms with Crippen LogP contribution in [0.25, 0.3) is 77.2 Å². The fraction of sp³-hybridized carbons (Fsp3) is 0.0159. The second-order valence-corrected chi connectivity index (χ2v) is 17.2. The van der Waals surface area contributed by atoms with E-state index < -0.39 is 5.41 Å². The summed E-state index contributed by atoms with van der Waals surface area (Å²) in [4.78, 5) is 2.36. The maximum atomic E-state index is 2.50. The van der Waals surface area contributed by atoms with Gasteiger partial charge in [-0.05, 0) is 142 Å². The zero-order chi connectivity index (χ0) is 42.2. The lowest BCUT2D eigenvalue weighted by Gasteiger charge is -2.40. The Morgan fingerprint density at radius 3 is 1.39 bits per heavy atom. The fourth-order valence-electron chi connectivity index (χ4n) is 11.0. The van der Waals surface area contributed by atoms with Gasteiger partial charge in [-0.3, -0.25) is 0 Å². The van der Waals surface area contributed by atoms with Gasteiger partial charge in [0.2, 0.25) is 0 Å².